The lowest BCUT2D eigenvalue weighted by Gasteiger charge is -2.19. The largest absolute Gasteiger partial charge is 0.396 e. The Hall–Kier alpha value is -0.930. The van der Waals surface area contributed by atoms with E-state index in [0.29, 0.717) is 12.0 Å². The fraction of sp³-hybridized carbons (Fsp3) is 0.500. The molecule has 2 atom stereocenters. The number of aliphatic hydroxyl groups is 1. The van der Waals surface area contributed by atoms with E-state index in [1.54, 1.807) is 0 Å². The van der Waals surface area contributed by atoms with Gasteiger partial charge in [0.2, 0.25) is 0 Å². The van der Waals surface area contributed by atoms with Gasteiger partial charge in [0.05, 0.1) is 0 Å². The third kappa shape index (κ3) is 2.19. The van der Waals surface area contributed by atoms with Crippen LogP contribution >= 0.6 is 0 Å². The van der Waals surface area contributed by atoms with Crippen molar-refractivity contribution in [3.63, 3.8) is 0 Å². The zero-order chi connectivity index (χ0) is 10.8. The molecule has 0 bridgehead atoms. The van der Waals surface area contributed by atoms with E-state index in [-0.39, 0.29) is 12.4 Å². The molecule has 1 aromatic rings. The fourth-order valence-electron chi connectivity index (χ4n) is 2.31. The molecule has 1 heterocycles. The quantitative estimate of drug-likeness (QED) is 0.803. The molecular formula is C12H16FNO. The first-order chi connectivity index (χ1) is 7.20. The average Bonchev–Trinajstić information content (AvgIpc) is 2.61. The lowest BCUT2D eigenvalue weighted by molar-refractivity contribution is 0.227. The van der Waals surface area contributed by atoms with Gasteiger partial charge in [-0.1, -0.05) is 12.1 Å². The van der Waals surface area contributed by atoms with Gasteiger partial charge in [0.1, 0.15) is 5.82 Å². The number of hydrogen-bond donors (Lipinski definition) is 1. The summed E-state index contributed by atoms with van der Waals surface area (Å²) in [5, 5.41) is 9.11. The van der Waals surface area contributed by atoms with Gasteiger partial charge in [-0.25, -0.2) is 4.39 Å². The SMILES string of the molecule is CN1C[C@H](CO)C[C@@H]1c1ccc(F)cc1. The molecule has 1 aliphatic rings. The summed E-state index contributed by atoms with van der Waals surface area (Å²) in [6.07, 6.45) is 0.957. The number of hydrogen-bond acceptors (Lipinski definition) is 2. The van der Waals surface area contributed by atoms with E-state index in [4.69, 9.17) is 5.11 Å². The van der Waals surface area contributed by atoms with E-state index in [2.05, 4.69) is 4.90 Å². The van der Waals surface area contributed by atoms with Crippen molar-refractivity contribution in [3.8, 4) is 0 Å². The summed E-state index contributed by atoms with van der Waals surface area (Å²) in [6, 6.07) is 6.97. The van der Waals surface area contributed by atoms with Gasteiger partial charge in [-0.15, -0.1) is 0 Å². The van der Waals surface area contributed by atoms with Crippen LogP contribution in [0.25, 0.3) is 0 Å². The number of likely N-dealkylation sites (tertiary alicyclic amines) is 1. The van der Waals surface area contributed by atoms with Gasteiger partial charge < -0.3 is 5.11 Å². The summed E-state index contributed by atoms with van der Waals surface area (Å²) in [4.78, 5) is 2.22. The fourth-order valence-corrected chi connectivity index (χ4v) is 2.31. The molecule has 0 aliphatic carbocycles. The lowest BCUT2D eigenvalue weighted by Crippen LogP contribution is -2.18. The molecule has 0 amide bonds. The second-order valence-corrected chi connectivity index (χ2v) is 4.29. The number of benzene rings is 1. The van der Waals surface area contributed by atoms with Crippen molar-refractivity contribution in [2.45, 2.75) is 12.5 Å². The van der Waals surface area contributed by atoms with Gasteiger partial charge in [0.15, 0.2) is 0 Å². The zero-order valence-electron chi connectivity index (χ0n) is 8.86. The van der Waals surface area contributed by atoms with Gasteiger partial charge in [-0.05, 0) is 37.1 Å². The summed E-state index contributed by atoms with van der Waals surface area (Å²) < 4.78 is 12.8. The molecule has 1 fully saturated rings. The van der Waals surface area contributed by atoms with E-state index >= 15 is 0 Å². The second kappa shape index (κ2) is 4.29. The van der Waals surface area contributed by atoms with Crippen LogP contribution in [0.4, 0.5) is 4.39 Å². The molecular weight excluding hydrogens is 193 g/mol. The molecule has 0 saturated carbocycles. The summed E-state index contributed by atoms with van der Waals surface area (Å²) in [6.45, 7) is 1.15. The number of aliphatic hydroxyl groups excluding tert-OH is 1. The molecule has 0 spiro atoms. The molecule has 15 heavy (non-hydrogen) atoms. The van der Waals surface area contributed by atoms with E-state index in [0.717, 1.165) is 18.5 Å². The van der Waals surface area contributed by atoms with Crippen LogP contribution in [-0.2, 0) is 0 Å². The number of halogens is 1. The second-order valence-electron chi connectivity index (χ2n) is 4.29. The number of rotatable bonds is 2. The summed E-state index contributed by atoms with van der Waals surface area (Å²) in [5.74, 6) is 0.156. The van der Waals surface area contributed by atoms with Crippen molar-refractivity contribution in [1.29, 1.82) is 0 Å². The van der Waals surface area contributed by atoms with Crippen LogP contribution in [0.5, 0.6) is 0 Å². The van der Waals surface area contributed by atoms with Crippen LogP contribution in [0.3, 0.4) is 0 Å². The molecule has 3 heteroatoms. The monoisotopic (exact) mass is 209 g/mol. The molecule has 0 aromatic heterocycles. The highest BCUT2D eigenvalue weighted by atomic mass is 19.1. The third-order valence-corrected chi connectivity index (χ3v) is 3.15. The Bertz CT molecular complexity index is 325. The van der Waals surface area contributed by atoms with Crippen molar-refractivity contribution in [3.05, 3.63) is 35.6 Å². The molecule has 1 saturated heterocycles. The van der Waals surface area contributed by atoms with E-state index in [9.17, 15) is 4.39 Å². The topological polar surface area (TPSA) is 23.5 Å². The minimum atomic E-state index is -0.196. The first-order valence-corrected chi connectivity index (χ1v) is 5.27. The highest BCUT2D eigenvalue weighted by molar-refractivity contribution is 5.21. The smallest absolute Gasteiger partial charge is 0.123 e. The van der Waals surface area contributed by atoms with Crippen molar-refractivity contribution in [2.24, 2.45) is 5.92 Å². The normalized spacial score (nSPS) is 27.1. The standard InChI is InChI=1S/C12H16FNO/c1-14-7-9(8-15)6-12(14)10-2-4-11(13)5-3-10/h2-5,9,12,15H,6-8H2,1H3/t9-,12-/m1/s1. The number of nitrogens with zero attached hydrogens (tertiary/aromatic N) is 1. The molecule has 0 unspecified atom stereocenters. The maximum atomic E-state index is 12.8. The van der Waals surface area contributed by atoms with Crippen LogP contribution in [0, 0.1) is 11.7 Å². The van der Waals surface area contributed by atoms with Crippen LogP contribution in [0.15, 0.2) is 24.3 Å². The van der Waals surface area contributed by atoms with Crippen LogP contribution in [-0.4, -0.2) is 30.2 Å². The van der Waals surface area contributed by atoms with Crippen molar-refractivity contribution >= 4 is 0 Å². The highest BCUT2D eigenvalue weighted by Gasteiger charge is 2.29. The van der Waals surface area contributed by atoms with Gasteiger partial charge in [-0.2, -0.15) is 0 Å². The van der Waals surface area contributed by atoms with Crippen molar-refractivity contribution < 1.29 is 9.50 Å². The average molecular weight is 209 g/mol. The lowest BCUT2D eigenvalue weighted by atomic mass is 10.0. The maximum absolute atomic E-state index is 12.8. The summed E-state index contributed by atoms with van der Waals surface area (Å²) >= 11 is 0. The van der Waals surface area contributed by atoms with Crippen molar-refractivity contribution in [1.82, 2.24) is 4.90 Å². The van der Waals surface area contributed by atoms with E-state index < -0.39 is 0 Å². The van der Waals surface area contributed by atoms with Gasteiger partial charge in [0, 0.05) is 19.2 Å². The van der Waals surface area contributed by atoms with Crippen LogP contribution < -0.4 is 0 Å². The Morgan fingerprint density at radius 3 is 2.60 bits per heavy atom. The molecule has 1 N–H and O–H groups in total. The van der Waals surface area contributed by atoms with Gasteiger partial charge in [0.25, 0.3) is 0 Å². The minimum absolute atomic E-state index is 0.196. The van der Waals surface area contributed by atoms with E-state index in [1.807, 2.05) is 19.2 Å². The van der Waals surface area contributed by atoms with Gasteiger partial charge in [-0.3, -0.25) is 4.90 Å². The third-order valence-electron chi connectivity index (χ3n) is 3.15. The molecule has 2 rings (SSSR count). The van der Waals surface area contributed by atoms with Crippen LogP contribution in [0.1, 0.15) is 18.0 Å². The summed E-state index contributed by atoms with van der Waals surface area (Å²) in [7, 11) is 2.05. The predicted molar refractivity (Wildman–Crippen MR) is 57.0 cm³/mol. The Labute approximate surface area is 89.3 Å². The Kier molecular flexibility index (Phi) is 3.03. The molecule has 1 aromatic carbocycles. The zero-order valence-corrected chi connectivity index (χ0v) is 8.86. The van der Waals surface area contributed by atoms with Crippen LogP contribution in [0.2, 0.25) is 0 Å². The molecule has 82 valence electrons. The Morgan fingerprint density at radius 1 is 1.40 bits per heavy atom. The molecule has 0 radical (unpaired) electrons. The van der Waals surface area contributed by atoms with Crippen molar-refractivity contribution in [2.75, 3.05) is 20.2 Å². The maximum Gasteiger partial charge on any atom is 0.123 e. The predicted octanol–water partition coefficient (Wildman–Crippen LogP) is 1.81. The van der Waals surface area contributed by atoms with E-state index in [1.165, 1.54) is 12.1 Å². The molecule has 2 nitrogen and oxygen atoms in total. The Balaban J connectivity index is 2.14. The van der Waals surface area contributed by atoms with Gasteiger partial charge >= 0.3 is 0 Å². The first-order valence-electron chi connectivity index (χ1n) is 5.27. The minimum Gasteiger partial charge on any atom is -0.396 e. The summed E-state index contributed by atoms with van der Waals surface area (Å²) in [5.41, 5.74) is 1.13. The first kappa shape index (κ1) is 10.6. The highest BCUT2D eigenvalue weighted by Crippen LogP contribution is 2.33. The molecule has 1 aliphatic heterocycles. The Morgan fingerprint density at radius 2 is 2.07 bits per heavy atom.